The van der Waals surface area contributed by atoms with Gasteiger partial charge >= 0.3 is 0 Å². The number of hydrogen-bond donors (Lipinski definition) is 1. The van der Waals surface area contributed by atoms with Crippen LogP contribution in [0.3, 0.4) is 0 Å². The van der Waals surface area contributed by atoms with Gasteiger partial charge in [0.15, 0.2) is 0 Å². The summed E-state index contributed by atoms with van der Waals surface area (Å²) in [6.07, 6.45) is 8.46. The maximum absolute atomic E-state index is 10.4. The minimum Gasteiger partial charge on any atom is -0.286 e. The zero-order valence-electron chi connectivity index (χ0n) is 8.41. The fourth-order valence-corrected chi connectivity index (χ4v) is 1.80. The van der Waals surface area contributed by atoms with Crippen LogP contribution in [0.5, 0.6) is 0 Å². The van der Waals surface area contributed by atoms with Crippen molar-refractivity contribution < 1.29 is 17.5 Å². The summed E-state index contributed by atoms with van der Waals surface area (Å²) in [6, 6.07) is 0. The van der Waals surface area contributed by atoms with Crippen LogP contribution in [0.1, 0.15) is 12.8 Å². The van der Waals surface area contributed by atoms with E-state index in [1.807, 2.05) is 27.9 Å². The Morgan fingerprint density at radius 2 is 2.20 bits per heavy atom. The lowest BCUT2D eigenvalue weighted by Crippen LogP contribution is -2.21. The second-order valence-corrected chi connectivity index (χ2v) is 4.85. The first-order valence-corrected chi connectivity index (χ1v) is 6.26. The number of imidazole rings is 1. The summed E-state index contributed by atoms with van der Waals surface area (Å²) < 4.78 is 33.1. The molecule has 0 spiro atoms. The van der Waals surface area contributed by atoms with E-state index in [1.165, 1.54) is 0 Å². The van der Waals surface area contributed by atoms with Crippen molar-refractivity contribution in [2.45, 2.75) is 19.4 Å². The first-order chi connectivity index (χ1) is 7.01. The predicted molar refractivity (Wildman–Crippen MR) is 56.7 cm³/mol. The zero-order chi connectivity index (χ0) is 11.3. The van der Waals surface area contributed by atoms with Crippen LogP contribution in [0.25, 0.3) is 6.20 Å². The van der Waals surface area contributed by atoms with E-state index in [0.29, 0.717) is 12.8 Å². The summed E-state index contributed by atoms with van der Waals surface area (Å²) >= 11 is 0. The fraction of sp³-hybridized carbons (Fsp3) is 0.444. The fourth-order valence-electron chi connectivity index (χ4n) is 1.23. The highest BCUT2D eigenvalue weighted by Crippen LogP contribution is 1.97. The molecule has 1 rings (SSSR count). The Morgan fingerprint density at radius 1 is 1.47 bits per heavy atom. The molecule has 0 radical (unpaired) electrons. The molecule has 5 nitrogen and oxygen atoms in total. The maximum atomic E-state index is 10.4. The van der Waals surface area contributed by atoms with Gasteiger partial charge in [-0.1, -0.05) is 6.58 Å². The monoisotopic (exact) mass is 231 g/mol. The number of aromatic nitrogens is 2. The highest BCUT2D eigenvalue weighted by atomic mass is 32.2. The molecule has 0 aliphatic heterocycles. The molecule has 0 aromatic carbocycles. The first kappa shape index (κ1) is 11.9. The third kappa shape index (κ3) is 4.75. The molecule has 0 aliphatic rings. The third-order valence-electron chi connectivity index (χ3n) is 1.99. The van der Waals surface area contributed by atoms with Gasteiger partial charge in [-0.3, -0.25) is 4.55 Å². The number of rotatable bonds is 6. The minimum atomic E-state index is -3.81. The van der Waals surface area contributed by atoms with Crippen molar-refractivity contribution >= 4 is 16.3 Å². The number of nitrogens with zero attached hydrogens (tertiary/aromatic N) is 2. The Hall–Kier alpha value is -1.14. The van der Waals surface area contributed by atoms with E-state index < -0.39 is 10.1 Å². The molecule has 1 aromatic heterocycles. The van der Waals surface area contributed by atoms with E-state index >= 15 is 0 Å². The quantitative estimate of drug-likeness (QED) is 0.441. The SMILES string of the molecule is C=C[n+]1ccn(CCCCS(=O)(=O)O)c1. The van der Waals surface area contributed by atoms with Crippen LogP contribution in [0, 0.1) is 0 Å². The van der Waals surface area contributed by atoms with Crippen molar-refractivity contribution in [3.8, 4) is 0 Å². The van der Waals surface area contributed by atoms with Gasteiger partial charge in [-0.05, 0) is 12.8 Å². The average molecular weight is 231 g/mol. The Kier molecular flexibility index (Phi) is 4.05. The van der Waals surface area contributed by atoms with Crippen LogP contribution >= 0.6 is 0 Å². The molecule has 1 aromatic rings. The van der Waals surface area contributed by atoms with Crippen molar-refractivity contribution in [2.75, 3.05) is 5.75 Å². The van der Waals surface area contributed by atoms with Gasteiger partial charge in [-0.25, -0.2) is 9.13 Å². The summed E-state index contributed by atoms with van der Waals surface area (Å²) in [6.45, 7) is 4.34. The molecular weight excluding hydrogens is 216 g/mol. The maximum Gasteiger partial charge on any atom is 0.264 e. The molecule has 6 heteroatoms. The first-order valence-electron chi connectivity index (χ1n) is 4.65. The van der Waals surface area contributed by atoms with Gasteiger partial charge in [0.2, 0.25) is 6.33 Å². The lowest BCUT2D eigenvalue weighted by molar-refractivity contribution is -0.567. The van der Waals surface area contributed by atoms with E-state index in [2.05, 4.69) is 6.58 Å². The lowest BCUT2D eigenvalue weighted by atomic mass is 10.3. The van der Waals surface area contributed by atoms with E-state index in [1.54, 1.807) is 6.20 Å². The molecule has 1 heterocycles. The molecule has 84 valence electrons. The van der Waals surface area contributed by atoms with Crippen LogP contribution in [0.4, 0.5) is 0 Å². The largest absolute Gasteiger partial charge is 0.286 e. The van der Waals surface area contributed by atoms with Crippen LogP contribution < -0.4 is 4.57 Å². The molecule has 1 N–H and O–H groups in total. The van der Waals surface area contributed by atoms with Gasteiger partial charge in [-0.15, -0.1) is 0 Å². The van der Waals surface area contributed by atoms with Gasteiger partial charge in [0.25, 0.3) is 10.1 Å². The van der Waals surface area contributed by atoms with Crippen molar-refractivity contribution in [3.05, 3.63) is 25.3 Å². The van der Waals surface area contributed by atoms with Gasteiger partial charge < -0.3 is 0 Å². The van der Waals surface area contributed by atoms with Crippen molar-refractivity contribution in [2.24, 2.45) is 0 Å². The molecule has 15 heavy (non-hydrogen) atoms. The lowest BCUT2D eigenvalue weighted by Gasteiger charge is -1.96. The van der Waals surface area contributed by atoms with Crippen LogP contribution in [-0.4, -0.2) is 23.3 Å². The van der Waals surface area contributed by atoms with Gasteiger partial charge in [0.1, 0.15) is 12.4 Å². The molecule has 0 aliphatic carbocycles. The zero-order valence-corrected chi connectivity index (χ0v) is 9.23. The predicted octanol–water partition coefficient (Wildman–Crippen LogP) is 0.544. The van der Waals surface area contributed by atoms with E-state index in [0.717, 1.165) is 6.54 Å². The summed E-state index contributed by atoms with van der Waals surface area (Å²) in [4.78, 5) is 0. The standard InChI is InChI=1S/C9H14N2O3S/c1-2-10-6-7-11(9-10)5-3-4-8-15(12,13)14/h2,6-7,9H,1,3-5,8H2/p+1. The van der Waals surface area contributed by atoms with Gasteiger partial charge in [0, 0.05) is 0 Å². The molecule has 0 saturated heterocycles. The van der Waals surface area contributed by atoms with E-state index in [4.69, 9.17) is 4.55 Å². The molecule has 0 atom stereocenters. The van der Waals surface area contributed by atoms with Crippen LogP contribution in [0.2, 0.25) is 0 Å². The van der Waals surface area contributed by atoms with Gasteiger partial charge in [0.05, 0.1) is 18.5 Å². The Labute approximate surface area is 89.4 Å². The van der Waals surface area contributed by atoms with E-state index in [-0.39, 0.29) is 5.75 Å². The molecule has 0 bridgehead atoms. The summed E-state index contributed by atoms with van der Waals surface area (Å²) in [5.74, 6) is -0.171. The van der Waals surface area contributed by atoms with Crippen LogP contribution in [0.15, 0.2) is 25.3 Å². The van der Waals surface area contributed by atoms with Gasteiger partial charge in [-0.2, -0.15) is 8.42 Å². The van der Waals surface area contributed by atoms with Crippen molar-refractivity contribution in [1.29, 1.82) is 0 Å². The molecule has 0 amide bonds. The van der Waals surface area contributed by atoms with Crippen molar-refractivity contribution in [1.82, 2.24) is 4.57 Å². The average Bonchev–Trinajstić information content (AvgIpc) is 2.59. The summed E-state index contributed by atoms with van der Waals surface area (Å²) in [7, 11) is -3.81. The molecular formula is C9H15N2O3S+. The Balaban J connectivity index is 2.29. The molecule has 0 unspecified atom stereocenters. The number of hydrogen-bond acceptors (Lipinski definition) is 2. The highest BCUT2D eigenvalue weighted by molar-refractivity contribution is 7.85. The second-order valence-electron chi connectivity index (χ2n) is 3.27. The molecule has 0 saturated carbocycles. The second kappa shape index (κ2) is 5.09. The molecule has 0 fully saturated rings. The summed E-state index contributed by atoms with van der Waals surface area (Å²) in [5, 5.41) is 0. The topological polar surface area (TPSA) is 63.2 Å². The summed E-state index contributed by atoms with van der Waals surface area (Å²) in [5.41, 5.74) is 0. The van der Waals surface area contributed by atoms with Crippen molar-refractivity contribution in [3.63, 3.8) is 0 Å². The normalized spacial score (nSPS) is 11.5. The van der Waals surface area contributed by atoms with E-state index in [9.17, 15) is 8.42 Å². The highest BCUT2D eigenvalue weighted by Gasteiger charge is 2.05. The number of aryl methyl sites for hydroxylation is 1. The van der Waals surface area contributed by atoms with Crippen LogP contribution in [-0.2, 0) is 16.7 Å². The smallest absolute Gasteiger partial charge is 0.264 e. The number of unbranched alkanes of at least 4 members (excludes halogenated alkanes) is 1. The minimum absolute atomic E-state index is 0.171. The third-order valence-corrected chi connectivity index (χ3v) is 2.80. The Bertz CT molecular complexity index is 422. The Morgan fingerprint density at radius 3 is 2.73 bits per heavy atom.